The van der Waals surface area contributed by atoms with Crippen molar-refractivity contribution in [3.63, 3.8) is 0 Å². The number of halogens is 1. The van der Waals surface area contributed by atoms with Crippen LogP contribution in [0.5, 0.6) is 0 Å². The normalized spacial score (nSPS) is 12.2. The van der Waals surface area contributed by atoms with Gasteiger partial charge in [0.25, 0.3) is 0 Å². The summed E-state index contributed by atoms with van der Waals surface area (Å²) in [6.45, 7) is 3.70. The van der Waals surface area contributed by atoms with Gasteiger partial charge in [-0.2, -0.15) is 0 Å². The van der Waals surface area contributed by atoms with Crippen LogP contribution in [-0.2, 0) is 4.79 Å². The zero-order valence-electron chi connectivity index (χ0n) is 10.7. The average molecular weight is 280 g/mol. The summed E-state index contributed by atoms with van der Waals surface area (Å²) in [5.41, 5.74) is 2.48. The van der Waals surface area contributed by atoms with E-state index in [-0.39, 0.29) is 17.7 Å². The molecule has 0 aliphatic rings. The third kappa shape index (κ3) is 3.08. The van der Waals surface area contributed by atoms with E-state index in [1.807, 2.05) is 25.1 Å². The molecular weight excluding hydrogens is 266 g/mol. The van der Waals surface area contributed by atoms with Crippen LogP contribution >= 0.6 is 11.6 Å². The van der Waals surface area contributed by atoms with Crippen LogP contribution in [-0.4, -0.2) is 32.0 Å². The first-order valence-corrected chi connectivity index (χ1v) is 6.36. The van der Waals surface area contributed by atoms with Crippen LogP contribution in [0.2, 0.25) is 0 Å². The molecule has 2 rings (SSSR count). The second kappa shape index (κ2) is 5.79. The number of tetrazole rings is 1. The summed E-state index contributed by atoms with van der Waals surface area (Å²) < 4.78 is 1.53. The van der Waals surface area contributed by atoms with Crippen molar-refractivity contribution in [2.75, 3.05) is 11.2 Å². The van der Waals surface area contributed by atoms with Crippen molar-refractivity contribution < 1.29 is 4.79 Å². The third-order valence-corrected chi connectivity index (χ3v) is 3.23. The molecule has 0 saturated heterocycles. The van der Waals surface area contributed by atoms with E-state index in [1.54, 1.807) is 6.92 Å². The average Bonchev–Trinajstić information content (AvgIpc) is 2.94. The van der Waals surface area contributed by atoms with E-state index >= 15 is 0 Å². The fourth-order valence-corrected chi connectivity index (χ4v) is 1.63. The molecule has 0 spiro atoms. The lowest BCUT2D eigenvalue weighted by Crippen LogP contribution is -2.22. The summed E-state index contributed by atoms with van der Waals surface area (Å²) in [4.78, 5) is 11.9. The molecule has 2 aromatic rings. The lowest BCUT2D eigenvalue weighted by Gasteiger charge is -2.12. The summed E-state index contributed by atoms with van der Waals surface area (Å²) >= 11 is 5.67. The lowest BCUT2D eigenvalue weighted by molar-refractivity contribution is -0.118. The van der Waals surface area contributed by atoms with Crippen LogP contribution in [0.15, 0.2) is 24.5 Å². The Morgan fingerprint density at radius 2 is 2.32 bits per heavy atom. The van der Waals surface area contributed by atoms with Crippen molar-refractivity contribution in [2.24, 2.45) is 5.92 Å². The number of rotatable bonds is 4. The van der Waals surface area contributed by atoms with Crippen molar-refractivity contribution >= 4 is 23.2 Å². The van der Waals surface area contributed by atoms with Crippen molar-refractivity contribution in [3.8, 4) is 5.69 Å². The molecule has 0 saturated carbocycles. The maximum atomic E-state index is 11.9. The highest BCUT2D eigenvalue weighted by Gasteiger charge is 2.13. The van der Waals surface area contributed by atoms with Gasteiger partial charge in [0.05, 0.1) is 5.69 Å². The minimum atomic E-state index is -0.238. The van der Waals surface area contributed by atoms with E-state index in [0.29, 0.717) is 0 Å². The van der Waals surface area contributed by atoms with Gasteiger partial charge in [0.15, 0.2) is 0 Å². The number of nitrogens with zero attached hydrogens (tertiary/aromatic N) is 4. The fraction of sp³-hybridized carbons (Fsp3) is 0.333. The Morgan fingerprint density at radius 1 is 1.53 bits per heavy atom. The molecule has 19 heavy (non-hydrogen) atoms. The Kier molecular flexibility index (Phi) is 4.11. The number of amides is 1. The van der Waals surface area contributed by atoms with Crippen molar-refractivity contribution in [1.29, 1.82) is 0 Å². The molecular formula is C12H14ClN5O. The van der Waals surface area contributed by atoms with Crippen LogP contribution in [0.1, 0.15) is 12.5 Å². The molecule has 1 N–H and O–H groups in total. The van der Waals surface area contributed by atoms with Gasteiger partial charge in [-0.05, 0) is 35.0 Å². The smallest absolute Gasteiger partial charge is 0.228 e. The number of aryl methyl sites for hydroxylation is 1. The number of hydrogen-bond acceptors (Lipinski definition) is 4. The second-order valence-corrected chi connectivity index (χ2v) is 4.61. The Hall–Kier alpha value is -1.95. The van der Waals surface area contributed by atoms with Gasteiger partial charge in [-0.15, -0.1) is 16.7 Å². The molecule has 6 nitrogen and oxygen atoms in total. The molecule has 0 aliphatic carbocycles. The number of nitrogens with one attached hydrogen (secondary N) is 1. The van der Waals surface area contributed by atoms with Crippen LogP contribution in [0, 0.1) is 12.8 Å². The monoisotopic (exact) mass is 279 g/mol. The highest BCUT2D eigenvalue weighted by atomic mass is 35.5. The predicted molar refractivity (Wildman–Crippen MR) is 72.4 cm³/mol. The summed E-state index contributed by atoms with van der Waals surface area (Å²) in [7, 11) is 0. The van der Waals surface area contributed by atoms with Gasteiger partial charge in [-0.25, -0.2) is 4.68 Å². The minimum absolute atomic E-state index is 0.105. The Labute approximate surface area is 115 Å². The molecule has 1 aromatic carbocycles. The van der Waals surface area contributed by atoms with Gasteiger partial charge >= 0.3 is 0 Å². The number of alkyl halides is 1. The van der Waals surface area contributed by atoms with E-state index < -0.39 is 0 Å². The maximum Gasteiger partial charge on any atom is 0.228 e. The Bertz CT molecular complexity index is 570. The summed E-state index contributed by atoms with van der Waals surface area (Å²) in [5, 5.41) is 13.8. The number of aromatic nitrogens is 4. The lowest BCUT2D eigenvalue weighted by atomic mass is 10.1. The van der Waals surface area contributed by atoms with Crippen LogP contribution in [0.25, 0.3) is 5.69 Å². The van der Waals surface area contributed by atoms with Crippen molar-refractivity contribution in [1.82, 2.24) is 20.2 Å². The summed E-state index contributed by atoms with van der Waals surface area (Å²) in [6.07, 6.45) is 1.50. The largest absolute Gasteiger partial charge is 0.326 e. The van der Waals surface area contributed by atoms with E-state index in [0.717, 1.165) is 16.9 Å². The Balaban J connectivity index is 2.25. The van der Waals surface area contributed by atoms with E-state index in [1.165, 1.54) is 11.0 Å². The van der Waals surface area contributed by atoms with Crippen LogP contribution < -0.4 is 5.32 Å². The number of carbonyl (C=O) groups is 1. The van der Waals surface area contributed by atoms with Crippen molar-refractivity contribution in [3.05, 3.63) is 30.1 Å². The molecule has 0 radical (unpaired) electrons. The standard InChI is InChI=1S/C12H14ClN5O/c1-8-3-4-10(18-7-14-16-17-18)5-11(8)15-12(19)9(2)6-13/h3-5,7,9H,6H2,1-2H3,(H,15,19). The molecule has 1 atom stereocenters. The van der Waals surface area contributed by atoms with Gasteiger partial charge < -0.3 is 5.32 Å². The predicted octanol–water partition coefficient (Wildman–Crippen LogP) is 1.78. The van der Waals surface area contributed by atoms with Crippen LogP contribution in [0.4, 0.5) is 5.69 Å². The van der Waals surface area contributed by atoms with Crippen molar-refractivity contribution in [2.45, 2.75) is 13.8 Å². The third-order valence-electron chi connectivity index (χ3n) is 2.77. The number of hydrogen-bond donors (Lipinski definition) is 1. The zero-order valence-corrected chi connectivity index (χ0v) is 11.4. The molecule has 1 heterocycles. The molecule has 1 amide bonds. The second-order valence-electron chi connectivity index (χ2n) is 4.30. The summed E-state index contributed by atoms with van der Waals surface area (Å²) in [5.74, 6) is -0.0536. The topological polar surface area (TPSA) is 72.7 Å². The highest BCUT2D eigenvalue weighted by Crippen LogP contribution is 2.19. The molecule has 7 heteroatoms. The van der Waals surface area contributed by atoms with Gasteiger partial charge in [-0.1, -0.05) is 13.0 Å². The minimum Gasteiger partial charge on any atom is -0.326 e. The summed E-state index contributed by atoms with van der Waals surface area (Å²) in [6, 6.07) is 5.61. The first-order valence-electron chi connectivity index (χ1n) is 5.82. The highest BCUT2D eigenvalue weighted by molar-refractivity contribution is 6.19. The molecule has 0 fully saturated rings. The maximum absolute atomic E-state index is 11.9. The molecule has 100 valence electrons. The number of carbonyl (C=O) groups excluding carboxylic acids is 1. The SMILES string of the molecule is Cc1ccc(-n2cnnn2)cc1NC(=O)C(C)CCl. The van der Waals surface area contributed by atoms with Gasteiger partial charge in [0.2, 0.25) is 5.91 Å². The first kappa shape index (κ1) is 13.5. The Morgan fingerprint density at radius 3 is 2.95 bits per heavy atom. The molecule has 0 bridgehead atoms. The van der Waals surface area contributed by atoms with E-state index in [2.05, 4.69) is 20.8 Å². The van der Waals surface area contributed by atoms with Gasteiger partial charge in [0, 0.05) is 17.5 Å². The van der Waals surface area contributed by atoms with E-state index in [4.69, 9.17) is 11.6 Å². The zero-order chi connectivity index (χ0) is 13.8. The molecule has 0 aliphatic heterocycles. The van der Waals surface area contributed by atoms with E-state index in [9.17, 15) is 4.79 Å². The fourth-order valence-electron chi connectivity index (χ4n) is 1.49. The van der Waals surface area contributed by atoms with Gasteiger partial charge in [-0.3, -0.25) is 4.79 Å². The quantitative estimate of drug-likeness (QED) is 0.866. The molecule has 1 unspecified atom stereocenters. The number of benzene rings is 1. The van der Waals surface area contributed by atoms with Crippen LogP contribution in [0.3, 0.4) is 0 Å². The molecule has 1 aromatic heterocycles. The van der Waals surface area contributed by atoms with Gasteiger partial charge in [0.1, 0.15) is 6.33 Å². The number of anilines is 1. The first-order chi connectivity index (χ1) is 9.11.